The van der Waals surface area contributed by atoms with Crippen LogP contribution in [0.1, 0.15) is 25.3 Å². The molecule has 2 aromatic carbocycles. The van der Waals surface area contributed by atoms with Crippen molar-refractivity contribution in [2.45, 2.75) is 31.1 Å². The quantitative estimate of drug-likeness (QED) is 0.779. The second-order valence-electron chi connectivity index (χ2n) is 7.18. The Kier molecular flexibility index (Phi) is 6.14. The highest BCUT2D eigenvalue weighted by molar-refractivity contribution is 7.91. The molecule has 8 heteroatoms. The second kappa shape index (κ2) is 8.42. The summed E-state index contributed by atoms with van der Waals surface area (Å²) in [6.45, 7) is 2.13. The maximum absolute atomic E-state index is 13.3. The van der Waals surface area contributed by atoms with Gasteiger partial charge in [-0.2, -0.15) is 4.31 Å². The van der Waals surface area contributed by atoms with E-state index in [2.05, 4.69) is 5.32 Å². The fourth-order valence-electron chi connectivity index (χ4n) is 3.46. The lowest BCUT2D eigenvalue weighted by Gasteiger charge is -2.38. The molecule has 1 aliphatic heterocycles. The number of carbonyl (C=O) groups is 1. The summed E-state index contributed by atoms with van der Waals surface area (Å²) in [5, 5.41) is 2.74. The van der Waals surface area contributed by atoms with Crippen LogP contribution in [0.3, 0.4) is 0 Å². The topological polar surface area (TPSA) is 84.9 Å². The average molecular weight is 419 g/mol. The molecule has 1 saturated heterocycles. The molecule has 1 N–H and O–H groups in total. The summed E-state index contributed by atoms with van der Waals surface area (Å²) in [7, 11) is -0.849. The molecule has 0 unspecified atom stereocenters. The van der Waals surface area contributed by atoms with Crippen molar-refractivity contribution in [2.24, 2.45) is 0 Å². The molecule has 1 atom stereocenters. The van der Waals surface area contributed by atoms with Gasteiger partial charge in [-0.15, -0.1) is 0 Å². The highest BCUT2D eigenvalue weighted by atomic mass is 32.2. The van der Waals surface area contributed by atoms with Crippen LogP contribution in [0.2, 0.25) is 0 Å². The minimum absolute atomic E-state index is 0.248. The van der Waals surface area contributed by atoms with E-state index >= 15 is 0 Å². The summed E-state index contributed by atoms with van der Waals surface area (Å²) >= 11 is 0. The van der Waals surface area contributed by atoms with Gasteiger partial charge >= 0.3 is 0 Å². The molecular weight excluding hydrogens is 392 g/mol. The third-order valence-electron chi connectivity index (χ3n) is 5.31. The fraction of sp³-hybridized carbons (Fsp3) is 0.381. The highest BCUT2D eigenvalue weighted by Gasteiger charge is 2.51. The van der Waals surface area contributed by atoms with Crippen LogP contribution >= 0.6 is 0 Å². The zero-order chi connectivity index (χ0) is 21.1. The largest absolute Gasteiger partial charge is 0.497 e. The normalized spacial score (nSPS) is 21.3. The van der Waals surface area contributed by atoms with Crippen molar-refractivity contribution in [3.8, 4) is 11.5 Å². The van der Waals surface area contributed by atoms with E-state index in [-0.39, 0.29) is 13.0 Å². The molecule has 0 aliphatic carbocycles. The first-order chi connectivity index (χ1) is 13.8. The predicted octanol–water partition coefficient (Wildman–Crippen LogP) is 3.03. The van der Waals surface area contributed by atoms with Crippen molar-refractivity contribution in [1.82, 2.24) is 4.31 Å². The number of methoxy groups -OCH3 is 2. The summed E-state index contributed by atoms with van der Waals surface area (Å²) in [6.07, 6.45) is 0.862. The lowest BCUT2D eigenvalue weighted by atomic mass is 10.0. The minimum Gasteiger partial charge on any atom is -0.497 e. The monoisotopic (exact) mass is 418 g/mol. The standard InChI is InChI=1S/C21H26N2O5S/c1-21(20(24)22-18-11-10-17(27-2)14-19(18)28-3)12-7-13-23(29(21,25)26)15-16-8-5-4-6-9-16/h4-6,8-11,14H,7,12-13,15H2,1-3H3,(H,22,24)/t21-/m0/s1. The van der Waals surface area contributed by atoms with Gasteiger partial charge in [0.25, 0.3) is 0 Å². The van der Waals surface area contributed by atoms with E-state index in [1.807, 2.05) is 30.3 Å². The van der Waals surface area contributed by atoms with E-state index in [4.69, 9.17) is 9.47 Å². The van der Waals surface area contributed by atoms with Gasteiger partial charge in [0.2, 0.25) is 15.9 Å². The summed E-state index contributed by atoms with van der Waals surface area (Å²) in [5.41, 5.74) is 1.28. The first kappa shape index (κ1) is 21.1. The molecule has 1 fully saturated rings. The molecule has 2 aromatic rings. The number of hydrogen-bond acceptors (Lipinski definition) is 5. The van der Waals surface area contributed by atoms with Gasteiger partial charge in [0, 0.05) is 19.2 Å². The zero-order valence-electron chi connectivity index (χ0n) is 16.8. The van der Waals surface area contributed by atoms with E-state index in [1.54, 1.807) is 18.2 Å². The molecule has 0 radical (unpaired) electrons. The summed E-state index contributed by atoms with van der Waals surface area (Å²) in [4.78, 5) is 13.1. The molecule has 0 bridgehead atoms. The van der Waals surface area contributed by atoms with Crippen LogP contribution in [-0.4, -0.2) is 44.1 Å². The second-order valence-corrected chi connectivity index (χ2v) is 9.55. The molecule has 0 saturated carbocycles. The van der Waals surface area contributed by atoms with Gasteiger partial charge in [0.15, 0.2) is 4.75 Å². The third kappa shape index (κ3) is 4.09. The van der Waals surface area contributed by atoms with Crippen molar-refractivity contribution in [2.75, 3.05) is 26.1 Å². The van der Waals surface area contributed by atoms with Gasteiger partial charge in [-0.25, -0.2) is 8.42 Å². The lowest BCUT2D eigenvalue weighted by Crippen LogP contribution is -2.56. The number of hydrogen-bond donors (Lipinski definition) is 1. The maximum Gasteiger partial charge on any atom is 0.247 e. The average Bonchev–Trinajstić information content (AvgIpc) is 2.72. The van der Waals surface area contributed by atoms with E-state index in [0.717, 1.165) is 5.56 Å². The van der Waals surface area contributed by atoms with Crippen molar-refractivity contribution in [3.63, 3.8) is 0 Å². The third-order valence-corrected chi connectivity index (χ3v) is 7.83. The Balaban J connectivity index is 1.85. The lowest BCUT2D eigenvalue weighted by molar-refractivity contribution is -0.118. The van der Waals surface area contributed by atoms with Gasteiger partial charge in [0.05, 0.1) is 19.9 Å². The van der Waals surface area contributed by atoms with E-state index in [9.17, 15) is 13.2 Å². The molecule has 7 nitrogen and oxygen atoms in total. The number of nitrogens with one attached hydrogen (secondary N) is 1. The molecule has 1 heterocycles. The minimum atomic E-state index is -3.86. The van der Waals surface area contributed by atoms with Crippen LogP contribution in [0.15, 0.2) is 48.5 Å². The van der Waals surface area contributed by atoms with Crippen LogP contribution in [0.4, 0.5) is 5.69 Å². The van der Waals surface area contributed by atoms with Gasteiger partial charge in [-0.05, 0) is 37.5 Å². The number of rotatable bonds is 6. The smallest absolute Gasteiger partial charge is 0.247 e. The molecule has 156 valence electrons. The first-order valence-corrected chi connectivity index (χ1v) is 10.8. The van der Waals surface area contributed by atoms with Gasteiger partial charge in [-0.3, -0.25) is 4.79 Å². The molecule has 0 spiro atoms. The zero-order valence-corrected chi connectivity index (χ0v) is 17.7. The Hall–Kier alpha value is -2.58. The Morgan fingerprint density at radius 2 is 1.86 bits per heavy atom. The molecule has 1 aliphatic rings. The van der Waals surface area contributed by atoms with Crippen LogP contribution in [0.5, 0.6) is 11.5 Å². The van der Waals surface area contributed by atoms with Crippen LogP contribution < -0.4 is 14.8 Å². The van der Waals surface area contributed by atoms with Crippen LogP contribution in [-0.2, 0) is 21.4 Å². The first-order valence-electron chi connectivity index (χ1n) is 9.39. The fourth-order valence-corrected chi connectivity index (χ4v) is 5.41. The predicted molar refractivity (Wildman–Crippen MR) is 112 cm³/mol. The van der Waals surface area contributed by atoms with Gasteiger partial charge in [-0.1, -0.05) is 30.3 Å². The Morgan fingerprint density at radius 3 is 2.52 bits per heavy atom. The Labute approximate surface area is 171 Å². The SMILES string of the molecule is COc1ccc(NC(=O)[C@]2(C)CCCN(Cc3ccccc3)S2(=O)=O)c(OC)c1. The number of sulfonamides is 1. The molecule has 1 amide bonds. The maximum atomic E-state index is 13.3. The molecule has 29 heavy (non-hydrogen) atoms. The number of amides is 1. The Bertz CT molecular complexity index is 978. The highest BCUT2D eigenvalue weighted by Crippen LogP contribution is 2.36. The van der Waals surface area contributed by atoms with E-state index < -0.39 is 20.7 Å². The number of nitrogens with zero attached hydrogens (tertiary/aromatic N) is 1. The number of ether oxygens (including phenoxy) is 2. The van der Waals surface area contributed by atoms with Crippen LogP contribution in [0.25, 0.3) is 0 Å². The van der Waals surface area contributed by atoms with Crippen molar-refractivity contribution in [1.29, 1.82) is 0 Å². The van der Waals surface area contributed by atoms with E-state index in [1.165, 1.54) is 25.4 Å². The van der Waals surface area contributed by atoms with Crippen molar-refractivity contribution < 1.29 is 22.7 Å². The summed E-state index contributed by atoms with van der Waals surface area (Å²) in [5.74, 6) is 0.403. The number of benzene rings is 2. The molecule has 3 rings (SSSR count). The number of carbonyl (C=O) groups excluding carboxylic acids is 1. The Morgan fingerprint density at radius 1 is 1.14 bits per heavy atom. The molecule has 0 aromatic heterocycles. The van der Waals surface area contributed by atoms with Gasteiger partial charge < -0.3 is 14.8 Å². The van der Waals surface area contributed by atoms with Crippen molar-refractivity contribution in [3.05, 3.63) is 54.1 Å². The van der Waals surface area contributed by atoms with Crippen molar-refractivity contribution >= 4 is 21.6 Å². The summed E-state index contributed by atoms with van der Waals surface area (Å²) < 4.78 is 37.0. The molecular formula is C21H26N2O5S. The van der Waals surface area contributed by atoms with E-state index in [0.29, 0.717) is 30.2 Å². The summed E-state index contributed by atoms with van der Waals surface area (Å²) in [6, 6.07) is 14.3. The number of anilines is 1. The van der Waals surface area contributed by atoms with Gasteiger partial charge in [0.1, 0.15) is 11.5 Å². The van der Waals surface area contributed by atoms with Crippen LogP contribution in [0, 0.1) is 0 Å².